The molecule has 0 aliphatic heterocycles. The number of pyridine rings is 1. The maximum Gasteiger partial charge on any atom is 0.178 e. The van der Waals surface area contributed by atoms with Crippen LogP contribution in [0.25, 0.3) is 11.0 Å². The van der Waals surface area contributed by atoms with Gasteiger partial charge in [-0.2, -0.15) is 11.8 Å². The van der Waals surface area contributed by atoms with Crippen LogP contribution in [0.5, 0.6) is 0 Å². The fourth-order valence-electron chi connectivity index (χ4n) is 1.61. The number of rotatable bonds is 3. The fourth-order valence-corrected chi connectivity index (χ4v) is 2.14. The number of imidazole rings is 1. The van der Waals surface area contributed by atoms with Crippen LogP contribution in [0, 0.1) is 4.77 Å². The van der Waals surface area contributed by atoms with Crippen LogP contribution in [-0.4, -0.2) is 25.5 Å². The SMILES string of the molecule is CSC(C)(C)Cn1c(=S)[nH]c2cnccc21. The van der Waals surface area contributed by atoms with Crippen molar-refractivity contribution >= 4 is 35.0 Å². The molecule has 5 heteroatoms. The molecule has 0 bridgehead atoms. The minimum Gasteiger partial charge on any atom is -0.329 e. The zero-order valence-corrected chi connectivity index (χ0v) is 11.3. The number of nitrogens with zero attached hydrogens (tertiary/aromatic N) is 2. The summed E-state index contributed by atoms with van der Waals surface area (Å²) in [6.45, 7) is 5.34. The molecule has 0 amide bonds. The van der Waals surface area contributed by atoms with Crippen LogP contribution in [0.1, 0.15) is 13.8 Å². The third kappa shape index (κ3) is 2.15. The number of aromatic nitrogens is 3. The molecule has 0 saturated carbocycles. The highest BCUT2D eigenvalue weighted by molar-refractivity contribution is 7.99. The molecular weight excluding hydrogens is 238 g/mol. The molecule has 16 heavy (non-hydrogen) atoms. The van der Waals surface area contributed by atoms with E-state index in [0.717, 1.165) is 22.3 Å². The largest absolute Gasteiger partial charge is 0.329 e. The second-order valence-corrected chi connectivity index (χ2v) is 6.27. The molecule has 2 rings (SSSR count). The van der Waals surface area contributed by atoms with Crippen LogP contribution in [-0.2, 0) is 6.54 Å². The van der Waals surface area contributed by atoms with Gasteiger partial charge in [0.2, 0.25) is 0 Å². The van der Waals surface area contributed by atoms with Crippen LogP contribution in [0.15, 0.2) is 18.5 Å². The lowest BCUT2D eigenvalue weighted by Gasteiger charge is -2.22. The summed E-state index contributed by atoms with van der Waals surface area (Å²) >= 11 is 7.19. The first kappa shape index (κ1) is 11.7. The molecule has 0 saturated heterocycles. The maximum atomic E-state index is 5.34. The van der Waals surface area contributed by atoms with E-state index in [1.165, 1.54) is 0 Å². The van der Waals surface area contributed by atoms with Crippen LogP contribution in [0.4, 0.5) is 0 Å². The minimum absolute atomic E-state index is 0.177. The average Bonchev–Trinajstić information content (AvgIpc) is 2.56. The predicted molar refractivity (Wildman–Crippen MR) is 72.5 cm³/mol. The normalized spacial score (nSPS) is 12.2. The van der Waals surface area contributed by atoms with E-state index in [9.17, 15) is 0 Å². The molecule has 2 aromatic heterocycles. The Hall–Kier alpha value is -0.810. The Morgan fingerprint density at radius 1 is 1.56 bits per heavy atom. The van der Waals surface area contributed by atoms with Crippen molar-refractivity contribution in [3.8, 4) is 0 Å². The van der Waals surface area contributed by atoms with Crippen molar-refractivity contribution in [3.63, 3.8) is 0 Å². The summed E-state index contributed by atoms with van der Waals surface area (Å²) in [6.07, 6.45) is 5.74. The van der Waals surface area contributed by atoms with Gasteiger partial charge in [0, 0.05) is 17.5 Å². The van der Waals surface area contributed by atoms with Gasteiger partial charge in [0.1, 0.15) is 0 Å². The molecule has 0 atom stereocenters. The molecule has 0 aliphatic rings. The van der Waals surface area contributed by atoms with Gasteiger partial charge in [-0.3, -0.25) is 4.98 Å². The Morgan fingerprint density at radius 2 is 2.31 bits per heavy atom. The summed E-state index contributed by atoms with van der Waals surface area (Å²) in [7, 11) is 0. The molecule has 0 radical (unpaired) electrons. The van der Waals surface area contributed by atoms with E-state index in [2.05, 4.69) is 34.6 Å². The smallest absolute Gasteiger partial charge is 0.178 e. The molecular formula is C11H15N3S2. The van der Waals surface area contributed by atoms with Crippen molar-refractivity contribution in [2.45, 2.75) is 25.1 Å². The number of aromatic amines is 1. The monoisotopic (exact) mass is 253 g/mol. The number of thioether (sulfide) groups is 1. The van der Waals surface area contributed by atoms with Crippen LogP contribution in [0.3, 0.4) is 0 Å². The topological polar surface area (TPSA) is 33.6 Å². The summed E-state index contributed by atoms with van der Waals surface area (Å²) in [6, 6.07) is 2.00. The van der Waals surface area contributed by atoms with Crippen molar-refractivity contribution in [1.29, 1.82) is 0 Å². The lowest BCUT2D eigenvalue weighted by molar-refractivity contribution is 0.574. The van der Waals surface area contributed by atoms with E-state index in [4.69, 9.17) is 12.2 Å². The molecule has 0 fully saturated rings. The van der Waals surface area contributed by atoms with Gasteiger partial charge in [0.15, 0.2) is 4.77 Å². The maximum absolute atomic E-state index is 5.34. The van der Waals surface area contributed by atoms with E-state index in [1.54, 1.807) is 6.20 Å². The molecule has 0 unspecified atom stereocenters. The van der Waals surface area contributed by atoms with E-state index in [-0.39, 0.29) is 4.75 Å². The van der Waals surface area contributed by atoms with Gasteiger partial charge < -0.3 is 9.55 Å². The fraction of sp³-hybridized carbons (Fsp3) is 0.455. The molecule has 3 nitrogen and oxygen atoms in total. The molecule has 2 aromatic rings. The van der Waals surface area contributed by atoms with Crippen molar-refractivity contribution in [1.82, 2.24) is 14.5 Å². The van der Waals surface area contributed by atoms with Crippen LogP contribution in [0.2, 0.25) is 0 Å². The molecule has 86 valence electrons. The predicted octanol–water partition coefficient (Wildman–Crippen LogP) is 3.24. The molecule has 0 aromatic carbocycles. The first-order valence-corrected chi connectivity index (χ1v) is 6.74. The second-order valence-electron chi connectivity index (χ2n) is 4.37. The van der Waals surface area contributed by atoms with Gasteiger partial charge in [-0.15, -0.1) is 0 Å². The summed E-state index contributed by atoms with van der Waals surface area (Å²) in [4.78, 5) is 7.27. The Bertz CT molecular complexity index is 554. The number of H-pyrrole nitrogens is 1. The number of fused-ring (bicyclic) bond motifs is 1. The second kappa shape index (κ2) is 4.22. The van der Waals surface area contributed by atoms with Gasteiger partial charge in [-0.05, 0) is 38.4 Å². The highest BCUT2D eigenvalue weighted by atomic mass is 32.2. The molecule has 0 aliphatic carbocycles. The van der Waals surface area contributed by atoms with Crippen molar-refractivity contribution < 1.29 is 0 Å². The highest BCUT2D eigenvalue weighted by Crippen LogP contribution is 2.25. The first-order valence-electron chi connectivity index (χ1n) is 5.11. The number of hydrogen-bond acceptors (Lipinski definition) is 3. The van der Waals surface area contributed by atoms with Gasteiger partial charge in [0.05, 0.1) is 17.2 Å². The third-order valence-corrected chi connectivity index (χ3v) is 4.22. The minimum atomic E-state index is 0.177. The Morgan fingerprint density at radius 3 is 3.00 bits per heavy atom. The number of hydrogen-bond donors (Lipinski definition) is 1. The standard InChI is InChI=1S/C11H15N3S2/c1-11(2,16-3)7-14-9-4-5-12-6-8(9)13-10(14)15/h4-6H,7H2,1-3H3,(H,13,15). The zero-order valence-electron chi connectivity index (χ0n) is 9.65. The van der Waals surface area contributed by atoms with Crippen molar-refractivity contribution in [3.05, 3.63) is 23.2 Å². The summed E-state index contributed by atoms with van der Waals surface area (Å²) < 4.78 is 3.09. The quantitative estimate of drug-likeness (QED) is 0.853. The Kier molecular flexibility index (Phi) is 3.08. The molecule has 2 heterocycles. The van der Waals surface area contributed by atoms with Crippen molar-refractivity contribution in [2.75, 3.05) is 6.26 Å². The average molecular weight is 253 g/mol. The third-order valence-electron chi connectivity index (χ3n) is 2.67. The van der Waals surface area contributed by atoms with Gasteiger partial charge >= 0.3 is 0 Å². The van der Waals surface area contributed by atoms with E-state index in [0.29, 0.717) is 0 Å². The summed E-state index contributed by atoms with van der Waals surface area (Å²) in [5.41, 5.74) is 2.13. The van der Waals surface area contributed by atoms with Crippen LogP contribution < -0.4 is 0 Å². The molecule has 1 N–H and O–H groups in total. The Labute approximate surface area is 104 Å². The van der Waals surface area contributed by atoms with Gasteiger partial charge in [-0.25, -0.2) is 0 Å². The van der Waals surface area contributed by atoms with Crippen molar-refractivity contribution in [2.24, 2.45) is 0 Å². The highest BCUT2D eigenvalue weighted by Gasteiger charge is 2.18. The van der Waals surface area contributed by atoms with Crippen LogP contribution >= 0.6 is 24.0 Å². The Balaban J connectivity index is 2.52. The van der Waals surface area contributed by atoms with E-state index < -0.39 is 0 Å². The van der Waals surface area contributed by atoms with Gasteiger partial charge in [-0.1, -0.05) is 0 Å². The summed E-state index contributed by atoms with van der Waals surface area (Å²) in [5.74, 6) is 0. The number of nitrogens with one attached hydrogen (secondary N) is 1. The summed E-state index contributed by atoms with van der Waals surface area (Å²) in [5, 5.41) is 0. The van der Waals surface area contributed by atoms with E-state index in [1.807, 2.05) is 24.0 Å². The lowest BCUT2D eigenvalue weighted by atomic mass is 10.2. The molecule has 0 spiro atoms. The van der Waals surface area contributed by atoms with E-state index >= 15 is 0 Å². The lowest BCUT2D eigenvalue weighted by Crippen LogP contribution is -2.22. The zero-order chi connectivity index (χ0) is 11.8. The van der Waals surface area contributed by atoms with Gasteiger partial charge in [0.25, 0.3) is 0 Å². The first-order chi connectivity index (χ1) is 7.53.